The van der Waals surface area contributed by atoms with Crippen LogP contribution in [0.15, 0.2) is 47.6 Å². The lowest BCUT2D eigenvalue weighted by Gasteiger charge is -2.13. The van der Waals surface area contributed by atoms with Gasteiger partial charge in [-0.2, -0.15) is 0 Å². The Kier molecular flexibility index (Phi) is 4.45. The second kappa shape index (κ2) is 6.27. The van der Waals surface area contributed by atoms with Crippen molar-refractivity contribution in [1.29, 1.82) is 0 Å². The highest BCUT2D eigenvalue weighted by Gasteiger charge is 2.12. The molecule has 0 aliphatic carbocycles. The van der Waals surface area contributed by atoms with Gasteiger partial charge >= 0.3 is 0 Å². The molecule has 0 unspecified atom stereocenters. The summed E-state index contributed by atoms with van der Waals surface area (Å²) in [7, 11) is 0. The third-order valence-corrected chi connectivity index (χ3v) is 2.92. The number of amidine groups is 1. The molecule has 0 heterocycles. The maximum absolute atomic E-state index is 9.28. The Morgan fingerprint density at radius 1 is 1.20 bits per heavy atom. The van der Waals surface area contributed by atoms with Crippen LogP contribution in [-0.2, 0) is 6.61 Å². The van der Waals surface area contributed by atoms with E-state index in [1.165, 1.54) is 6.07 Å². The van der Waals surface area contributed by atoms with E-state index in [-0.39, 0.29) is 12.4 Å². The number of aliphatic hydroxyl groups is 1. The molecule has 5 nitrogen and oxygen atoms in total. The Bertz CT molecular complexity index is 644. The number of hydrogen-bond acceptors (Lipinski definition) is 4. The first kappa shape index (κ1) is 14.2. The zero-order chi connectivity index (χ0) is 14.5. The summed E-state index contributed by atoms with van der Waals surface area (Å²) in [4.78, 5) is 0. The van der Waals surface area contributed by atoms with Crippen molar-refractivity contribution in [3.63, 3.8) is 0 Å². The van der Waals surface area contributed by atoms with Crippen LogP contribution in [0.1, 0.15) is 11.1 Å². The minimum absolute atomic E-state index is 0.107. The van der Waals surface area contributed by atoms with Crippen LogP contribution in [0.5, 0.6) is 11.5 Å². The Labute approximate surface area is 120 Å². The molecule has 0 amide bonds. The van der Waals surface area contributed by atoms with Crippen LogP contribution in [0, 0.1) is 0 Å². The van der Waals surface area contributed by atoms with Crippen molar-refractivity contribution in [1.82, 2.24) is 0 Å². The second-order valence-corrected chi connectivity index (χ2v) is 4.43. The van der Waals surface area contributed by atoms with Gasteiger partial charge in [0.15, 0.2) is 5.84 Å². The lowest BCUT2D eigenvalue weighted by atomic mass is 10.1. The lowest BCUT2D eigenvalue weighted by Crippen LogP contribution is -2.14. The summed E-state index contributed by atoms with van der Waals surface area (Å²) in [6, 6.07) is 11.8. The quantitative estimate of drug-likeness (QED) is 0.350. The fourth-order valence-corrected chi connectivity index (χ4v) is 1.87. The third-order valence-electron chi connectivity index (χ3n) is 2.69. The molecule has 104 valence electrons. The largest absolute Gasteiger partial charge is 0.456 e. The fraction of sp³-hybridized carbons (Fsp3) is 0.0714. The smallest absolute Gasteiger partial charge is 0.173 e. The molecule has 20 heavy (non-hydrogen) atoms. The van der Waals surface area contributed by atoms with E-state index in [4.69, 9.17) is 27.3 Å². The Hall–Kier alpha value is -2.24. The zero-order valence-electron chi connectivity index (χ0n) is 10.5. The van der Waals surface area contributed by atoms with Gasteiger partial charge < -0.3 is 20.8 Å². The van der Waals surface area contributed by atoms with Crippen LogP contribution in [0.3, 0.4) is 0 Å². The number of rotatable bonds is 4. The number of ether oxygens (including phenoxy) is 1. The Balaban J connectivity index is 2.43. The maximum atomic E-state index is 9.28. The molecule has 2 aromatic carbocycles. The van der Waals surface area contributed by atoms with Crippen molar-refractivity contribution in [3.8, 4) is 11.5 Å². The summed E-state index contributed by atoms with van der Waals surface area (Å²) in [6.45, 7) is -0.150. The molecule has 2 aromatic rings. The highest BCUT2D eigenvalue weighted by atomic mass is 35.5. The molecule has 0 aliphatic rings. The van der Waals surface area contributed by atoms with Crippen molar-refractivity contribution in [2.24, 2.45) is 10.9 Å². The van der Waals surface area contributed by atoms with E-state index < -0.39 is 0 Å². The van der Waals surface area contributed by atoms with Crippen molar-refractivity contribution in [2.45, 2.75) is 6.61 Å². The van der Waals surface area contributed by atoms with Crippen LogP contribution in [-0.4, -0.2) is 16.1 Å². The molecule has 2 rings (SSSR count). The molecule has 0 radical (unpaired) electrons. The fourth-order valence-electron chi connectivity index (χ4n) is 1.70. The monoisotopic (exact) mass is 292 g/mol. The second-order valence-electron chi connectivity index (χ2n) is 3.99. The summed E-state index contributed by atoms with van der Waals surface area (Å²) in [5.74, 6) is 0.763. The minimum atomic E-state index is -0.150. The summed E-state index contributed by atoms with van der Waals surface area (Å²) in [6.07, 6.45) is 0. The average Bonchev–Trinajstić information content (AvgIpc) is 2.48. The molecule has 0 atom stereocenters. The van der Waals surface area contributed by atoms with Crippen molar-refractivity contribution < 1.29 is 15.1 Å². The molecule has 0 bridgehead atoms. The number of aliphatic hydroxyl groups excluding tert-OH is 1. The van der Waals surface area contributed by atoms with Gasteiger partial charge in [0.25, 0.3) is 0 Å². The number of oxime groups is 1. The molecule has 6 heteroatoms. The minimum Gasteiger partial charge on any atom is -0.456 e. The molecule has 0 aromatic heterocycles. The first-order valence-corrected chi connectivity index (χ1v) is 6.17. The van der Waals surface area contributed by atoms with E-state index in [9.17, 15) is 5.11 Å². The molecule has 0 spiro atoms. The summed E-state index contributed by atoms with van der Waals surface area (Å²) in [5, 5.41) is 21.5. The summed E-state index contributed by atoms with van der Waals surface area (Å²) >= 11 is 5.89. The van der Waals surface area contributed by atoms with Crippen molar-refractivity contribution in [3.05, 3.63) is 58.6 Å². The third kappa shape index (κ3) is 3.01. The molecule has 0 saturated carbocycles. The molecular weight excluding hydrogens is 280 g/mol. The van der Waals surface area contributed by atoms with Crippen molar-refractivity contribution >= 4 is 17.4 Å². The predicted molar refractivity (Wildman–Crippen MR) is 76.4 cm³/mol. The van der Waals surface area contributed by atoms with Gasteiger partial charge in [-0.3, -0.25) is 0 Å². The number of halogens is 1. The first-order chi connectivity index (χ1) is 9.65. The van der Waals surface area contributed by atoms with Crippen LogP contribution < -0.4 is 10.5 Å². The van der Waals surface area contributed by atoms with Gasteiger partial charge in [-0.1, -0.05) is 35.0 Å². The van der Waals surface area contributed by atoms with E-state index >= 15 is 0 Å². The molecule has 0 saturated heterocycles. The number of nitrogens with zero attached hydrogens (tertiary/aromatic N) is 1. The predicted octanol–water partition coefficient (Wildman–Crippen LogP) is 2.72. The van der Waals surface area contributed by atoms with Gasteiger partial charge in [0, 0.05) is 10.6 Å². The number of nitrogens with two attached hydrogens (primary N) is 1. The van der Waals surface area contributed by atoms with Gasteiger partial charge in [0.2, 0.25) is 0 Å². The normalized spacial score (nSPS) is 11.4. The van der Waals surface area contributed by atoms with E-state index in [2.05, 4.69) is 5.16 Å². The van der Waals surface area contributed by atoms with E-state index in [0.29, 0.717) is 27.6 Å². The first-order valence-electron chi connectivity index (χ1n) is 5.79. The molecule has 0 fully saturated rings. The van der Waals surface area contributed by atoms with Crippen LogP contribution in [0.2, 0.25) is 5.02 Å². The highest BCUT2D eigenvalue weighted by Crippen LogP contribution is 2.30. The maximum Gasteiger partial charge on any atom is 0.173 e. The van der Waals surface area contributed by atoms with Gasteiger partial charge in [-0.15, -0.1) is 0 Å². The molecular formula is C14H13ClN2O3. The number of benzene rings is 2. The lowest BCUT2D eigenvalue weighted by molar-refractivity contribution is 0.276. The topological polar surface area (TPSA) is 88.1 Å². The van der Waals surface area contributed by atoms with Crippen molar-refractivity contribution in [2.75, 3.05) is 0 Å². The van der Waals surface area contributed by atoms with E-state index in [1.807, 2.05) is 0 Å². The van der Waals surface area contributed by atoms with E-state index in [0.717, 1.165) is 0 Å². The van der Waals surface area contributed by atoms with E-state index in [1.54, 1.807) is 36.4 Å². The van der Waals surface area contributed by atoms with Gasteiger partial charge in [-0.25, -0.2) is 0 Å². The summed E-state index contributed by atoms with van der Waals surface area (Å²) < 4.78 is 5.72. The van der Waals surface area contributed by atoms with Crippen LogP contribution in [0.4, 0.5) is 0 Å². The Morgan fingerprint density at radius 3 is 2.65 bits per heavy atom. The number of hydrogen-bond donors (Lipinski definition) is 3. The molecule has 0 aliphatic heterocycles. The van der Waals surface area contributed by atoms with Gasteiger partial charge in [-0.05, 0) is 24.3 Å². The van der Waals surface area contributed by atoms with Gasteiger partial charge in [0.05, 0.1) is 12.2 Å². The highest BCUT2D eigenvalue weighted by molar-refractivity contribution is 6.31. The molecule has 4 N–H and O–H groups in total. The average molecular weight is 293 g/mol. The Morgan fingerprint density at radius 2 is 1.95 bits per heavy atom. The van der Waals surface area contributed by atoms with Gasteiger partial charge in [0.1, 0.15) is 11.5 Å². The SMILES string of the molecule is NC(=NO)c1cc(Cl)ccc1Oc1ccccc1CO. The van der Waals surface area contributed by atoms with Crippen LogP contribution >= 0.6 is 11.6 Å². The zero-order valence-corrected chi connectivity index (χ0v) is 11.2. The summed E-state index contributed by atoms with van der Waals surface area (Å²) in [5.41, 5.74) is 6.60. The standard InChI is InChI=1S/C14H13ClN2O3/c15-10-5-6-13(11(7-10)14(16)17-19)20-12-4-2-1-3-9(12)8-18/h1-7,18-19H,8H2,(H2,16,17). The number of para-hydroxylation sites is 1. The van der Waals surface area contributed by atoms with Crippen LogP contribution in [0.25, 0.3) is 0 Å².